The number of methoxy groups -OCH3 is 1. The molecule has 1 atom stereocenters. The van der Waals surface area contributed by atoms with Gasteiger partial charge in [-0.05, 0) is 50.4 Å². The summed E-state index contributed by atoms with van der Waals surface area (Å²) < 4.78 is 10.8. The van der Waals surface area contributed by atoms with Gasteiger partial charge in [-0.1, -0.05) is 19.1 Å². The Labute approximate surface area is 128 Å². The van der Waals surface area contributed by atoms with Crippen LogP contribution in [0.15, 0.2) is 24.3 Å². The molecule has 0 aliphatic heterocycles. The molecule has 1 unspecified atom stereocenters. The van der Waals surface area contributed by atoms with E-state index in [1.165, 1.54) is 5.56 Å². The first-order valence-electron chi connectivity index (χ1n) is 7.50. The molecule has 116 valence electrons. The van der Waals surface area contributed by atoms with Crippen molar-refractivity contribution in [3.05, 3.63) is 29.8 Å². The zero-order chi connectivity index (χ0) is 15.6. The largest absolute Gasteiger partial charge is 0.494 e. The quantitative estimate of drug-likeness (QED) is 0.673. The Morgan fingerprint density at radius 3 is 2.48 bits per heavy atom. The van der Waals surface area contributed by atoms with Gasteiger partial charge < -0.3 is 14.8 Å². The minimum absolute atomic E-state index is 0.423. The third-order valence-electron chi connectivity index (χ3n) is 3.83. The van der Waals surface area contributed by atoms with Crippen LogP contribution >= 0.6 is 0 Å². The Hall–Kier alpha value is -1.57. The van der Waals surface area contributed by atoms with Gasteiger partial charge in [-0.3, -0.25) is 0 Å². The van der Waals surface area contributed by atoms with Crippen molar-refractivity contribution in [1.29, 1.82) is 5.26 Å². The second-order valence-corrected chi connectivity index (χ2v) is 5.14. The van der Waals surface area contributed by atoms with E-state index < -0.39 is 5.54 Å². The molecule has 0 heterocycles. The number of ether oxygens (including phenoxy) is 2. The molecule has 1 N–H and O–H groups in total. The summed E-state index contributed by atoms with van der Waals surface area (Å²) in [7, 11) is 3.55. The molecule has 0 spiro atoms. The Morgan fingerprint density at radius 1 is 1.24 bits per heavy atom. The van der Waals surface area contributed by atoms with E-state index in [0.29, 0.717) is 6.61 Å². The molecule has 0 saturated heterocycles. The van der Waals surface area contributed by atoms with E-state index in [2.05, 4.69) is 23.5 Å². The highest BCUT2D eigenvalue weighted by Gasteiger charge is 2.24. The van der Waals surface area contributed by atoms with Gasteiger partial charge in [0.05, 0.1) is 19.3 Å². The van der Waals surface area contributed by atoms with Crippen LogP contribution in [0.25, 0.3) is 0 Å². The van der Waals surface area contributed by atoms with Crippen LogP contribution in [0, 0.1) is 11.3 Å². The minimum atomic E-state index is -0.423. The smallest absolute Gasteiger partial charge is 0.119 e. The Balaban J connectivity index is 2.34. The van der Waals surface area contributed by atoms with Crippen molar-refractivity contribution in [2.24, 2.45) is 0 Å². The molecule has 4 nitrogen and oxygen atoms in total. The van der Waals surface area contributed by atoms with E-state index in [4.69, 9.17) is 9.47 Å². The molecule has 1 rings (SSSR count). The summed E-state index contributed by atoms with van der Waals surface area (Å²) in [4.78, 5) is 0. The predicted octanol–water partition coefficient (Wildman–Crippen LogP) is 2.93. The summed E-state index contributed by atoms with van der Waals surface area (Å²) >= 11 is 0. The molecule has 0 saturated carbocycles. The van der Waals surface area contributed by atoms with Gasteiger partial charge in [0.15, 0.2) is 0 Å². The highest BCUT2D eigenvalue weighted by atomic mass is 16.5. The lowest BCUT2D eigenvalue weighted by atomic mass is 9.92. The number of nitrogens with zero attached hydrogens (tertiary/aromatic N) is 1. The Kier molecular flexibility index (Phi) is 7.81. The van der Waals surface area contributed by atoms with Gasteiger partial charge in [0, 0.05) is 7.11 Å². The topological polar surface area (TPSA) is 54.3 Å². The average Bonchev–Trinajstić information content (AvgIpc) is 2.55. The summed E-state index contributed by atoms with van der Waals surface area (Å²) in [6.07, 6.45) is 3.37. The molecule has 0 aliphatic rings. The van der Waals surface area contributed by atoms with Crippen molar-refractivity contribution < 1.29 is 9.47 Å². The molecule has 1 aromatic rings. The molecule has 0 aliphatic carbocycles. The molecule has 0 radical (unpaired) electrons. The van der Waals surface area contributed by atoms with Crippen LogP contribution in [0.3, 0.4) is 0 Å². The Bertz CT molecular complexity index is 433. The fraction of sp³-hybridized carbons (Fsp3) is 0.588. The van der Waals surface area contributed by atoms with Crippen molar-refractivity contribution >= 4 is 0 Å². The lowest BCUT2D eigenvalue weighted by molar-refractivity contribution is 0.202. The van der Waals surface area contributed by atoms with Crippen LogP contribution in [0.5, 0.6) is 5.75 Å². The fourth-order valence-corrected chi connectivity index (χ4v) is 2.21. The van der Waals surface area contributed by atoms with Gasteiger partial charge in [0.2, 0.25) is 0 Å². The van der Waals surface area contributed by atoms with Gasteiger partial charge in [0.1, 0.15) is 11.3 Å². The summed E-state index contributed by atoms with van der Waals surface area (Å²) in [6, 6.07) is 10.5. The number of rotatable bonds is 10. The molecule has 0 aromatic heterocycles. The molecular weight excluding hydrogens is 264 g/mol. The molecule has 0 bridgehead atoms. The third kappa shape index (κ3) is 5.74. The lowest BCUT2D eigenvalue weighted by Gasteiger charge is -2.24. The van der Waals surface area contributed by atoms with E-state index in [1.54, 1.807) is 7.11 Å². The van der Waals surface area contributed by atoms with Gasteiger partial charge in [-0.15, -0.1) is 0 Å². The van der Waals surface area contributed by atoms with Gasteiger partial charge in [0.25, 0.3) is 0 Å². The summed E-state index contributed by atoms with van der Waals surface area (Å²) in [6.45, 7) is 3.39. The molecule has 4 heteroatoms. The SMILES string of the molecule is CCC(C#N)(CCCOc1ccc(CCOC)cc1)NC. The van der Waals surface area contributed by atoms with Gasteiger partial charge in [-0.2, -0.15) is 5.26 Å². The van der Waals surface area contributed by atoms with E-state index in [1.807, 2.05) is 26.1 Å². The predicted molar refractivity (Wildman–Crippen MR) is 84.4 cm³/mol. The maximum absolute atomic E-state index is 9.23. The summed E-state index contributed by atoms with van der Waals surface area (Å²) in [5.41, 5.74) is 0.821. The van der Waals surface area contributed by atoms with Crippen molar-refractivity contribution in [2.75, 3.05) is 27.4 Å². The summed E-state index contributed by atoms with van der Waals surface area (Å²) in [5, 5.41) is 12.3. The first kappa shape index (κ1) is 17.5. The number of nitriles is 1. The van der Waals surface area contributed by atoms with E-state index >= 15 is 0 Å². The van der Waals surface area contributed by atoms with Crippen LogP contribution < -0.4 is 10.1 Å². The van der Waals surface area contributed by atoms with Crippen LogP contribution in [-0.4, -0.2) is 32.9 Å². The number of nitrogens with one attached hydrogen (secondary N) is 1. The van der Waals surface area contributed by atoms with Crippen LogP contribution in [-0.2, 0) is 11.2 Å². The second kappa shape index (κ2) is 9.38. The van der Waals surface area contributed by atoms with Gasteiger partial charge in [-0.25, -0.2) is 0 Å². The van der Waals surface area contributed by atoms with Crippen molar-refractivity contribution in [3.63, 3.8) is 0 Å². The van der Waals surface area contributed by atoms with E-state index in [0.717, 1.165) is 38.0 Å². The molecule has 0 fully saturated rings. The highest BCUT2D eigenvalue weighted by molar-refractivity contribution is 5.27. The lowest BCUT2D eigenvalue weighted by Crippen LogP contribution is -2.41. The normalized spacial score (nSPS) is 13.4. The maximum atomic E-state index is 9.23. The van der Waals surface area contributed by atoms with Crippen LogP contribution in [0.1, 0.15) is 31.7 Å². The number of hydrogen-bond donors (Lipinski definition) is 1. The standard InChI is InChI=1S/C17H26N2O2/c1-4-17(14-18,19-2)11-5-12-21-16-8-6-15(7-9-16)10-13-20-3/h6-9,19H,4-5,10-13H2,1-3H3. The van der Waals surface area contributed by atoms with Gasteiger partial charge >= 0.3 is 0 Å². The fourth-order valence-electron chi connectivity index (χ4n) is 2.21. The highest BCUT2D eigenvalue weighted by Crippen LogP contribution is 2.17. The third-order valence-corrected chi connectivity index (χ3v) is 3.83. The first-order chi connectivity index (χ1) is 10.2. The zero-order valence-corrected chi connectivity index (χ0v) is 13.3. The van der Waals surface area contributed by atoms with Crippen LogP contribution in [0.2, 0.25) is 0 Å². The molecule has 1 aromatic carbocycles. The average molecular weight is 290 g/mol. The second-order valence-electron chi connectivity index (χ2n) is 5.14. The van der Waals surface area contributed by atoms with E-state index in [9.17, 15) is 5.26 Å². The minimum Gasteiger partial charge on any atom is -0.494 e. The monoisotopic (exact) mass is 290 g/mol. The van der Waals surface area contributed by atoms with Crippen LogP contribution in [0.4, 0.5) is 0 Å². The first-order valence-corrected chi connectivity index (χ1v) is 7.50. The molecule has 21 heavy (non-hydrogen) atoms. The Morgan fingerprint density at radius 2 is 1.95 bits per heavy atom. The molecular formula is C17H26N2O2. The van der Waals surface area contributed by atoms with Crippen molar-refractivity contribution in [2.45, 2.75) is 38.1 Å². The maximum Gasteiger partial charge on any atom is 0.119 e. The number of hydrogen-bond acceptors (Lipinski definition) is 4. The van der Waals surface area contributed by atoms with Crippen molar-refractivity contribution in [3.8, 4) is 11.8 Å². The zero-order valence-electron chi connectivity index (χ0n) is 13.3. The number of benzene rings is 1. The van der Waals surface area contributed by atoms with Crippen molar-refractivity contribution in [1.82, 2.24) is 5.32 Å². The van der Waals surface area contributed by atoms with E-state index in [-0.39, 0.29) is 0 Å². The summed E-state index contributed by atoms with van der Waals surface area (Å²) in [5.74, 6) is 0.875. The molecule has 0 amide bonds.